The Labute approximate surface area is 105 Å². The number of carbonyl (C=O) groups is 1. The summed E-state index contributed by atoms with van der Waals surface area (Å²) in [4.78, 5) is 11.0. The van der Waals surface area contributed by atoms with E-state index in [0.29, 0.717) is 12.4 Å². The molecule has 1 N–H and O–H groups in total. The van der Waals surface area contributed by atoms with E-state index in [-0.39, 0.29) is 5.56 Å². The fourth-order valence-corrected chi connectivity index (χ4v) is 1.72. The summed E-state index contributed by atoms with van der Waals surface area (Å²) in [6.45, 7) is 2.19. The number of aryl methyl sites for hydroxylation is 2. The zero-order valence-corrected chi connectivity index (χ0v) is 10.3. The molecule has 18 heavy (non-hydrogen) atoms. The van der Waals surface area contributed by atoms with Crippen molar-refractivity contribution in [1.29, 1.82) is 0 Å². The molecule has 1 aromatic carbocycles. The number of benzene rings is 1. The Balaban J connectivity index is 2.15. The summed E-state index contributed by atoms with van der Waals surface area (Å²) in [6, 6.07) is 8.49. The summed E-state index contributed by atoms with van der Waals surface area (Å²) in [5.74, 6) is -0.629. The summed E-state index contributed by atoms with van der Waals surface area (Å²) in [5.41, 5.74) is 1.96. The predicted octanol–water partition coefficient (Wildman–Crippen LogP) is 2.01. The Bertz CT molecular complexity index is 575. The molecule has 0 aliphatic carbocycles. The van der Waals surface area contributed by atoms with E-state index in [9.17, 15) is 4.79 Å². The number of rotatable bonds is 4. The van der Waals surface area contributed by atoms with Gasteiger partial charge in [0, 0.05) is 7.05 Å². The average Bonchev–Trinajstić information content (AvgIpc) is 2.65. The molecule has 1 aromatic heterocycles. The monoisotopic (exact) mass is 246 g/mol. The minimum absolute atomic E-state index is 0.163. The second-order valence-electron chi connectivity index (χ2n) is 3.99. The summed E-state index contributed by atoms with van der Waals surface area (Å²) >= 11 is 0. The van der Waals surface area contributed by atoms with Gasteiger partial charge in [0.15, 0.2) is 0 Å². The fraction of sp³-hybridized carbons (Fsp3) is 0.231. The zero-order valence-electron chi connectivity index (χ0n) is 10.3. The van der Waals surface area contributed by atoms with Crippen molar-refractivity contribution in [2.24, 2.45) is 7.05 Å². The van der Waals surface area contributed by atoms with Crippen molar-refractivity contribution in [3.63, 3.8) is 0 Å². The van der Waals surface area contributed by atoms with Gasteiger partial charge in [-0.1, -0.05) is 12.1 Å². The third kappa shape index (κ3) is 2.51. The van der Waals surface area contributed by atoms with Crippen molar-refractivity contribution < 1.29 is 14.6 Å². The molecule has 5 heteroatoms. The van der Waals surface area contributed by atoms with Gasteiger partial charge in [0.2, 0.25) is 0 Å². The Kier molecular flexibility index (Phi) is 3.32. The van der Waals surface area contributed by atoms with Crippen LogP contribution in [0.5, 0.6) is 5.75 Å². The Hall–Kier alpha value is -2.30. The molecule has 0 saturated carbocycles. The summed E-state index contributed by atoms with van der Waals surface area (Å²) < 4.78 is 7.26. The highest BCUT2D eigenvalue weighted by atomic mass is 16.5. The first-order valence-corrected chi connectivity index (χ1v) is 5.52. The van der Waals surface area contributed by atoms with Crippen molar-refractivity contribution in [3.8, 4) is 5.75 Å². The molecular formula is C13H14N2O3. The Morgan fingerprint density at radius 1 is 1.44 bits per heavy atom. The van der Waals surface area contributed by atoms with Gasteiger partial charge in [-0.3, -0.25) is 4.68 Å². The number of carboxylic acids is 1. The molecule has 0 fully saturated rings. The van der Waals surface area contributed by atoms with Crippen molar-refractivity contribution >= 4 is 5.97 Å². The predicted molar refractivity (Wildman–Crippen MR) is 65.7 cm³/mol. The number of nitrogens with zero attached hydrogens (tertiary/aromatic N) is 2. The van der Waals surface area contributed by atoms with Crippen molar-refractivity contribution in [3.05, 3.63) is 47.3 Å². The van der Waals surface area contributed by atoms with E-state index in [2.05, 4.69) is 5.10 Å². The van der Waals surface area contributed by atoms with E-state index in [4.69, 9.17) is 9.84 Å². The second-order valence-corrected chi connectivity index (χ2v) is 3.99. The average molecular weight is 246 g/mol. The maximum Gasteiger partial charge on any atom is 0.339 e. The van der Waals surface area contributed by atoms with Crippen LogP contribution in [-0.2, 0) is 13.7 Å². The molecule has 0 atom stereocenters. The van der Waals surface area contributed by atoms with Crippen LogP contribution in [-0.4, -0.2) is 20.9 Å². The first kappa shape index (κ1) is 12.2. The highest BCUT2D eigenvalue weighted by Crippen LogP contribution is 2.19. The number of hydrogen-bond donors (Lipinski definition) is 1. The van der Waals surface area contributed by atoms with Crippen LogP contribution < -0.4 is 4.74 Å². The quantitative estimate of drug-likeness (QED) is 0.896. The van der Waals surface area contributed by atoms with E-state index in [1.54, 1.807) is 22.9 Å². The van der Waals surface area contributed by atoms with E-state index >= 15 is 0 Å². The minimum atomic E-state index is -0.994. The molecule has 0 aliphatic rings. The number of hydrogen-bond acceptors (Lipinski definition) is 3. The number of para-hydroxylation sites is 1. The lowest BCUT2D eigenvalue weighted by Crippen LogP contribution is -2.06. The van der Waals surface area contributed by atoms with Crippen molar-refractivity contribution in [1.82, 2.24) is 9.78 Å². The maximum atomic E-state index is 11.0. The molecule has 0 saturated heterocycles. The lowest BCUT2D eigenvalue weighted by molar-refractivity contribution is 0.0691. The molecule has 5 nitrogen and oxygen atoms in total. The van der Waals surface area contributed by atoms with Gasteiger partial charge in [-0.25, -0.2) is 4.79 Å². The lowest BCUT2D eigenvalue weighted by atomic mass is 10.2. The summed E-state index contributed by atoms with van der Waals surface area (Å²) in [7, 11) is 1.83. The first-order valence-electron chi connectivity index (χ1n) is 5.52. The molecule has 0 amide bonds. The molecule has 0 radical (unpaired) electrons. The number of carboxylic acid groups (broad SMARTS) is 1. The highest BCUT2D eigenvalue weighted by Gasteiger charge is 2.11. The van der Waals surface area contributed by atoms with Crippen LogP contribution in [0.3, 0.4) is 0 Å². The highest BCUT2D eigenvalue weighted by molar-refractivity contribution is 5.90. The van der Waals surface area contributed by atoms with Crippen LogP contribution in [0.1, 0.15) is 21.7 Å². The molecule has 1 heterocycles. The molecule has 0 aliphatic heterocycles. The van der Waals surface area contributed by atoms with E-state index < -0.39 is 5.97 Å². The maximum absolute atomic E-state index is 11.0. The minimum Gasteiger partial charge on any atom is -0.486 e. The van der Waals surface area contributed by atoms with Gasteiger partial charge in [0.1, 0.15) is 17.9 Å². The third-order valence-corrected chi connectivity index (χ3v) is 2.59. The molecule has 2 aromatic rings. The number of ether oxygens (including phenoxy) is 1. The Morgan fingerprint density at radius 3 is 2.78 bits per heavy atom. The SMILES string of the molecule is Cc1cc(COc2ccccc2C(=O)O)n(C)n1. The standard InChI is InChI=1S/C13H14N2O3/c1-9-7-10(15(2)14-9)8-18-12-6-4-3-5-11(12)13(16)17/h3-7H,8H2,1-2H3,(H,16,17). The third-order valence-electron chi connectivity index (χ3n) is 2.59. The molecule has 0 spiro atoms. The first-order chi connectivity index (χ1) is 8.58. The van der Waals surface area contributed by atoms with Gasteiger partial charge in [-0.2, -0.15) is 5.10 Å². The van der Waals surface area contributed by atoms with E-state index in [1.165, 1.54) is 6.07 Å². The number of aromatic carboxylic acids is 1. The van der Waals surface area contributed by atoms with Crippen LogP contribution in [0.15, 0.2) is 30.3 Å². The van der Waals surface area contributed by atoms with Gasteiger partial charge in [-0.15, -0.1) is 0 Å². The summed E-state index contributed by atoms with van der Waals surface area (Å²) in [6.07, 6.45) is 0. The zero-order chi connectivity index (χ0) is 13.1. The topological polar surface area (TPSA) is 64.3 Å². The van der Waals surface area contributed by atoms with Crippen molar-refractivity contribution in [2.45, 2.75) is 13.5 Å². The molecule has 94 valence electrons. The van der Waals surface area contributed by atoms with Crippen LogP contribution in [0.4, 0.5) is 0 Å². The van der Waals surface area contributed by atoms with Gasteiger partial charge in [0.25, 0.3) is 0 Å². The van der Waals surface area contributed by atoms with Crippen LogP contribution in [0, 0.1) is 6.92 Å². The Morgan fingerprint density at radius 2 is 2.17 bits per heavy atom. The molecular weight excluding hydrogens is 232 g/mol. The fourth-order valence-electron chi connectivity index (χ4n) is 1.72. The lowest BCUT2D eigenvalue weighted by Gasteiger charge is -2.08. The smallest absolute Gasteiger partial charge is 0.339 e. The van der Waals surface area contributed by atoms with Gasteiger partial charge in [0.05, 0.1) is 11.4 Å². The summed E-state index contributed by atoms with van der Waals surface area (Å²) in [5, 5.41) is 13.2. The largest absolute Gasteiger partial charge is 0.486 e. The molecule has 0 bridgehead atoms. The van der Waals surface area contributed by atoms with Gasteiger partial charge < -0.3 is 9.84 Å². The molecule has 2 rings (SSSR count). The van der Waals surface area contributed by atoms with Crippen molar-refractivity contribution in [2.75, 3.05) is 0 Å². The van der Waals surface area contributed by atoms with Gasteiger partial charge in [-0.05, 0) is 25.1 Å². The van der Waals surface area contributed by atoms with Crippen LogP contribution in [0.25, 0.3) is 0 Å². The second kappa shape index (κ2) is 4.91. The van der Waals surface area contributed by atoms with E-state index in [0.717, 1.165) is 11.4 Å². The van der Waals surface area contributed by atoms with Gasteiger partial charge >= 0.3 is 5.97 Å². The normalized spacial score (nSPS) is 10.3. The number of aromatic nitrogens is 2. The van der Waals surface area contributed by atoms with Crippen LogP contribution >= 0.6 is 0 Å². The van der Waals surface area contributed by atoms with E-state index in [1.807, 2.05) is 20.0 Å². The van der Waals surface area contributed by atoms with Crippen LogP contribution in [0.2, 0.25) is 0 Å². The molecule has 0 unspecified atom stereocenters.